The van der Waals surface area contributed by atoms with Crippen molar-refractivity contribution in [2.45, 2.75) is 33.7 Å². The van der Waals surface area contributed by atoms with Gasteiger partial charge in [-0.3, -0.25) is 4.79 Å². The zero-order valence-corrected chi connectivity index (χ0v) is 12.9. The van der Waals surface area contributed by atoms with E-state index in [9.17, 15) is 18.0 Å². The maximum Gasteiger partial charge on any atom is 0.573 e. The molecule has 4 nitrogen and oxygen atoms in total. The molecule has 2 rings (SSSR count). The highest BCUT2D eigenvalue weighted by Crippen LogP contribution is 2.26. The molecule has 0 saturated carbocycles. The molecule has 0 aliphatic rings. The first-order chi connectivity index (χ1) is 10.7. The molecule has 1 N–H and O–H groups in total. The molecule has 7 heteroatoms. The fourth-order valence-electron chi connectivity index (χ4n) is 2.27. The van der Waals surface area contributed by atoms with Crippen LogP contribution in [0.2, 0.25) is 0 Å². The maximum atomic E-state index is 12.4. The van der Waals surface area contributed by atoms with Crippen molar-refractivity contribution in [1.29, 1.82) is 0 Å². The van der Waals surface area contributed by atoms with Crippen LogP contribution in [0.1, 0.15) is 33.0 Å². The number of benzene rings is 1. The Morgan fingerprint density at radius 3 is 2.39 bits per heavy atom. The van der Waals surface area contributed by atoms with Gasteiger partial charge in [0.2, 0.25) is 0 Å². The third kappa shape index (κ3) is 4.06. The monoisotopic (exact) mass is 327 g/mol. The number of amides is 1. The predicted molar refractivity (Wildman–Crippen MR) is 77.2 cm³/mol. The van der Waals surface area contributed by atoms with Crippen LogP contribution in [0.5, 0.6) is 5.75 Å². The SMILES string of the molecule is Cc1oc(C)c(C(=O)NCc2ccccc2OC(F)(F)F)c1C. The van der Waals surface area contributed by atoms with Crippen molar-refractivity contribution < 1.29 is 27.1 Å². The largest absolute Gasteiger partial charge is 0.573 e. The molecule has 1 aromatic carbocycles. The first-order valence-electron chi connectivity index (χ1n) is 6.87. The quantitative estimate of drug-likeness (QED) is 0.922. The molecule has 0 aliphatic heterocycles. The second kappa shape index (κ2) is 6.36. The molecule has 0 radical (unpaired) electrons. The Hall–Kier alpha value is -2.44. The summed E-state index contributed by atoms with van der Waals surface area (Å²) < 4.78 is 46.4. The Labute approximate surface area is 131 Å². The van der Waals surface area contributed by atoms with E-state index in [0.29, 0.717) is 22.6 Å². The van der Waals surface area contributed by atoms with Crippen molar-refractivity contribution >= 4 is 5.91 Å². The summed E-state index contributed by atoms with van der Waals surface area (Å²) in [4.78, 5) is 12.2. The Bertz CT molecular complexity index is 720. The summed E-state index contributed by atoms with van der Waals surface area (Å²) in [6.07, 6.45) is -4.78. The van der Waals surface area contributed by atoms with Gasteiger partial charge < -0.3 is 14.5 Å². The molecular formula is C16H16F3NO3. The first kappa shape index (κ1) is 16.9. The third-order valence-corrected chi connectivity index (χ3v) is 3.43. The number of rotatable bonds is 4. The van der Waals surface area contributed by atoms with Gasteiger partial charge in [-0.25, -0.2) is 0 Å². The fraction of sp³-hybridized carbons (Fsp3) is 0.312. The number of halogens is 3. The highest BCUT2D eigenvalue weighted by atomic mass is 19.4. The van der Waals surface area contributed by atoms with Gasteiger partial charge in [0.05, 0.1) is 5.56 Å². The summed E-state index contributed by atoms with van der Waals surface area (Å²) >= 11 is 0. The van der Waals surface area contributed by atoms with E-state index in [0.717, 1.165) is 0 Å². The Kier molecular flexibility index (Phi) is 4.68. The number of hydrogen-bond acceptors (Lipinski definition) is 3. The number of carbonyl (C=O) groups is 1. The number of furan rings is 1. The van der Waals surface area contributed by atoms with Crippen LogP contribution in [0.3, 0.4) is 0 Å². The van der Waals surface area contributed by atoms with Crippen LogP contribution in [-0.4, -0.2) is 12.3 Å². The van der Waals surface area contributed by atoms with Gasteiger partial charge in [0.25, 0.3) is 5.91 Å². The summed E-state index contributed by atoms with van der Waals surface area (Å²) in [5.41, 5.74) is 1.34. The summed E-state index contributed by atoms with van der Waals surface area (Å²) in [6, 6.07) is 5.67. The molecular weight excluding hydrogens is 311 g/mol. The minimum absolute atomic E-state index is 0.0891. The van der Waals surface area contributed by atoms with Gasteiger partial charge in [-0.15, -0.1) is 13.2 Å². The standard InChI is InChI=1S/C16H16F3NO3/c1-9-10(2)22-11(3)14(9)15(21)20-8-12-6-4-5-7-13(12)23-16(17,18)19/h4-7H,8H2,1-3H3,(H,20,21). The minimum Gasteiger partial charge on any atom is -0.466 e. The van der Waals surface area contributed by atoms with Gasteiger partial charge in [-0.2, -0.15) is 0 Å². The van der Waals surface area contributed by atoms with Crippen molar-refractivity contribution in [3.63, 3.8) is 0 Å². The molecule has 1 heterocycles. The first-order valence-corrected chi connectivity index (χ1v) is 6.87. The lowest BCUT2D eigenvalue weighted by molar-refractivity contribution is -0.274. The second-order valence-corrected chi connectivity index (χ2v) is 5.05. The molecule has 0 aliphatic carbocycles. The van der Waals surface area contributed by atoms with Gasteiger partial charge in [0.15, 0.2) is 0 Å². The van der Waals surface area contributed by atoms with Crippen LogP contribution in [0.15, 0.2) is 28.7 Å². The second-order valence-electron chi connectivity index (χ2n) is 5.05. The number of alkyl halides is 3. The molecule has 0 atom stereocenters. The average molecular weight is 327 g/mol. The summed E-state index contributed by atoms with van der Waals surface area (Å²) in [6.45, 7) is 5.07. The zero-order chi connectivity index (χ0) is 17.2. The number of ether oxygens (including phenoxy) is 1. The average Bonchev–Trinajstić information content (AvgIpc) is 2.69. The van der Waals surface area contributed by atoms with Crippen molar-refractivity contribution in [3.8, 4) is 5.75 Å². The highest BCUT2D eigenvalue weighted by Gasteiger charge is 2.32. The van der Waals surface area contributed by atoms with Gasteiger partial charge in [-0.1, -0.05) is 18.2 Å². The van der Waals surface area contributed by atoms with Gasteiger partial charge in [0, 0.05) is 17.7 Å². The lowest BCUT2D eigenvalue weighted by atomic mass is 10.1. The van der Waals surface area contributed by atoms with Crippen LogP contribution < -0.4 is 10.1 Å². The Morgan fingerprint density at radius 2 is 1.83 bits per heavy atom. The van der Waals surface area contributed by atoms with Gasteiger partial charge in [-0.05, 0) is 26.8 Å². The van der Waals surface area contributed by atoms with Crippen LogP contribution in [0.25, 0.3) is 0 Å². The molecule has 0 fully saturated rings. The van der Waals surface area contributed by atoms with E-state index in [-0.39, 0.29) is 17.9 Å². The van der Waals surface area contributed by atoms with Crippen LogP contribution in [0.4, 0.5) is 13.2 Å². The maximum absolute atomic E-state index is 12.4. The topological polar surface area (TPSA) is 51.5 Å². The van der Waals surface area contributed by atoms with E-state index in [1.165, 1.54) is 18.2 Å². The van der Waals surface area contributed by atoms with E-state index in [1.807, 2.05) is 0 Å². The number of carbonyl (C=O) groups excluding carboxylic acids is 1. The predicted octanol–water partition coefficient (Wildman–Crippen LogP) is 4.03. The lowest BCUT2D eigenvalue weighted by Gasteiger charge is -2.13. The lowest BCUT2D eigenvalue weighted by Crippen LogP contribution is -2.25. The minimum atomic E-state index is -4.78. The fourth-order valence-corrected chi connectivity index (χ4v) is 2.27. The molecule has 2 aromatic rings. The van der Waals surface area contributed by atoms with E-state index >= 15 is 0 Å². The Morgan fingerprint density at radius 1 is 1.17 bits per heavy atom. The van der Waals surface area contributed by atoms with Crippen molar-refractivity contribution in [3.05, 3.63) is 52.5 Å². The van der Waals surface area contributed by atoms with E-state index in [4.69, 9.17) is 4.42 Å². The highest BCUT2D eigenvalue weighted by molar-refractivity contribution is 5.96. The van der Waals surface area contributed by atoms with Crippen molar-refractivity contribution in [2.24, 2.45) is 0 Å². The van der Waals surface area contributed by atoms with Gasteiger partial charge >= 0.3 is 6.36 Å². The number of hydrogen-bond donors (Lipinski definition) is 1. The summed E-state index contributed by atoms with van der Waals surface area (Å²) in [5.74, 6) is 0.363. The van der Waals surface area contributed by atoms with Crippen LogP contribution in [0, 0.1) is 20.8 Å². The third-order valence-electron chi connectivity index (χ3n) is 3.43. The van der Waals surface area contributed by atoms with E-state index in [2.05, 4.69) is 10.1 Å². The number of aryl methyl sites for hydroxylation is 2. The van der Waals surface area contributed by atoms with Crippen molar-refractivity contribution in [2.75, 3.05) is 0 Å². The summed E-state index contributed by atoms with van der Waals surface area (Å²) in [7, 11) is 0. The molecule has 0 saturated heterocycles. The smallest absolute Gasteiger partial charge is 0.466 e. The normalized spacial score (nSPS) is 11.4. The van der Waals surface area contributed by atoms with E-state index < -0.39 is 12.3 Å². The summed E-state index contributed by atoms with van der Waals surface area (Å²) in [5, 5.41) is 2.59. The molecule has 1 aromatic heterocycles. The molecule has 0 spiro atoms. The molecule has 0 unspecified atom stereocenters. The van der Waals surface area contributed by atoms with Gasteiger partial charge in [0.1, 0.15) is 17.3 Å². The Balaban J connectivity index is 2.14. The van der Waals surface area contributed by atoms with E-state index in [1.54, 1.807) is 26.8 Å². The zero-order valence-electron chi connectivity index (χ0n) is 12.9. The molecule has 0 bridgehead atoms. The van der Waals surface area contributed by atoms with Crippen LogP contribution >= 0.6 is 0 Å². The molecule has 23 heavy (non-hydrogen) atoms. The molecule has 1 amide bonds. The van der Waals surface area contributed by atoms with Crippen LogP contribution in [-0.2, 0) is 6.54 Å². The molecule has 124 valence electrons. The number of nitrogens with one attached hydrogen (secondary N) is 1. The van der Waals surface area contributed by atoms with Crippen molar-refractivity contribution in [1.82, 2.24) is 5.32 Å². The number of para-hydroxylation sites is 1.